The molecule has 2 amide bonds. The summed E-state index contributed by atoms with van der Waals surface area (Å²) in [7, 11) is 0. The zero-order chi connectivity index (χ0) is 21.2. The minimum atomic E-state index is -0.530. The fraction of sp³-hybridized carbons (Fsp3) is 0.391. The first kappa shape index (κ1) is 22.9. The number of amides is 2. The lowest BCUT2D eigenvalue weighted by Gasteiger charge is -2.30. The Balaban J connectivity index is 2.11. The first-order valence-electron chi connectivity index (χ1n) is 9.90. The van der Waals surface area contributed by atoms with Gasteiger partial charge in [-0.15, -0.1) is 11.8 Å². The van der Waals surface area contributed by atoms with Gasteiger partial charge in [0.2, 0.25) is 11.8 Å². The van der Waals surface area contributed by atoms with Gasteiger partial charge < -0.3 is 10.2 Å². The number of hydrogen-bond acceptors (Lipinski definition) is 3. The SMILES string of the molecule is CCNC(=O)C(CC)N(Cc1ccc(C)cc1)C(=O)CSCc1ccccc1F. The van der Waals surface area contributed by atoms with Crippen LogP contribution in [-0.4, -0.2) is 35.1 Å². The average Bonchev–Trinajstić information content (AvgIpc) is 2.71. The highest BCUT2D eigenvalue weighted by molar-refractivity contribution is 7.99. The second kappa shape index (κ2) is 11.6. The van der Waals surface area contributed by atoms with Crippen molar-refractivity contribution in [3.63, 3.8) is 0 Å². The maximum atomic E-state index is 13.8. The lowest BCUT2D eigenvalue weighted by atomic mass is 10.1. The molecule has 0 spiro atoms. The maximum absolute atomic E-state index is 13.8. The molecule has 0 aromatic heterocycles. The number of nitrogens with one attached hydrogen (secondary N) is 1. The Morgan fingerprint density at radius 2 is 1.79 bits per heavy atom. The van der Waals surface area contributed by atoms with Crippen LogP contribution in [0.4, 0.5) is 4.39 Å². The van der Waals surface area contributed by atoms with Crippen molar-refractivity contribution in [2.24, 2.45) is 0 Å². The lowest BCUT2D eigenvalue weighted by molar-refractivity contribution is -0.139. The van der Waals surface area contributed by atoms with E-state index in [1.54, 1.807) is 23.1 Å². The van der Waals surface area contributed by atoms with Gasteiger partial charge in [-0.1, -0.05) is 55.0 Å². The number of likely N-dealkylation sites (N-methyl/N-ethyl adjacent to an activating group) is 1. The molecule has 0 radical (unpaired) electrons. The summed E-state index contributed by atoms with van der Waals surface area (Å²) in [5.41, 5.74) is 2.69. The summed E-state index contributed by atoms with van der Waals surface area (Å²) in [6.07, 6.45) is 0.529. The monoisotopic (exact) mass is 416 g/mol. The number of hydrogen-bond donors (Lipinski definition) is 1. The molecule has 0 saturated heterocycles. The third-order valence-electron chi connectivity index (χ3n) is 4.65. The minimum Gasteiger partial charge on any atom is -0.355 e. The Kier molecular flexibility index (Phi) is 9.19. The molecule has 0 saturated carbocycles. The van der Waals surface area contributed by atoms with E-state index >= 15 is 0 Å². The van der Waals surface area contributed by atoms with Crippen molar-refractivity contribution < 1.29 is 14.0 Å². The van der Waals surface area contributed by atoms with Crippen molar-refractivity contribution in [3.05, 3.63) is 71.0 Å². The second-order valence-electron chi connectivity index (χ2n) is 6.91. The fourth-order valence-corrected chi connectivity index (χ4v) is 3.94. The normalized spacial score (nSPS) is 11.7. The molecule has 1 atom stereocenters. The topological polar surface area (TPSA) is 49.4 Å². The van der Waals surface area contributed by atoms with E-state index in [0.717, 1.165) is 11.1 Å². The predicted octanol–water partition coefficient (Wildman–Crippen LogP) is 4.31. The number of aryl methyl sites for hydroxylation is 1. The second-order valence-corrected chi connectivity index (χ2v) is 7.90. The number of carbonyl (C=O) groups is 2. The first-order chi connectivity index (χ1) is 14.0. The fourth-order valence-electron chi connectivity index (χ4n) is 3.05. The molecule has 2 rings (SSSR count). The summed E-state index contributed by atoms with van der Waals surface area (Å²) in [6, 6.07) is 14.0. The summed E-state index contributed by atoms with van der Waals surface area (Å²) >= 11 is 1.36. The van der Waals surface area contributed by atoms with Gasteiger partial charge in [-0.2, -0.15) is 0 Å². The Hall–Kier alpha value is -2.34. The third-order valence-corrected chi connectivity index (χ3v) is 5.62. The van der Waals surface area contributed by atoms with Crippen LogP contribution >= 0.6 is 11.8 Å². The summed E-state index contributed by atoms with van der Waals surface area (Å²) in [6.45, 7) is 6.66. The predicted molar refractivity (Wildman–Crippen MR) is 117 cm³/mol. The standard InChI is InChI=1S/C23H29FN2O2S/c1-4-21(23(28)25-5-2)26(14-18-12-10-17(3)11-13-18)22(27)16-29-15-19-8-6-7-9-20(19)24/h6-13,21H,4-5,14-16H2,1-3H3,(H,25,28). The van der Waals surface area contributed by atoms with Gasteiger partial charge >= 0.3 is 0 Å². The van der Waals surface area contributed by atoms with E-state index in [9.17, 15) is 14.0 Å². The number of benzene rings is 2. The van der Waals surface area contributed by atoms with Gasteiger partial charge in [-0.25, -0.2) is 4.39 Å². The number of halogens is 1. The molecule has 0 aliphatic heterocycles. The van der Waals surface area contributed by atoms with Gasteiger partial charge in [0.1, 0.15) is 11.9 Å². The third kappa shape index (κ3) is 6.89. The van der Waals surface area contributed by atoms with Crippen molar-refractivity contribution in [2.45, 2.75) is 45.5 Å². The molecule has 2 aromatic rings. The zero-order valence-corrected chi connectivity index (χ0v) is 18.1. The molecule has 156 valence electrons. The molecule has 0 fully saturated rings. The van der Waals surface area contributed by atoms with Gasteiger partial charge in [-0.05, 0) is 37.5 Å². The molecule has 0 aliphatic carbocycles. The quantitative estimate of drug-likeness (QED) is 0.628. The lowest BCUT2D eigenvalue weighted by Crippen LogP contribution is -2.49. The summed E-state index contributed by atoms with van der Waals surface area (Å²) < 4.78 is 13.8. The highest BCUT2D eigenvalue weighted by Crippen LogP contribution is 2.19. The van der Waals surface area contributed by atoms with Gasteiger partial charge in [0.15, 0.2) is 0 Å². The number of carbonyl (C=O) groups excluding carboxylic acids is 2. The number of thioether (sulfide) groups is 1. The van der Waals surface area contributed by atoms with Crippen molar-refractivity contribution >= 4 is 23.6 Å². The Bertz CT molecular complexity index is 811. The van der Waals surface area contributed by atoms with E-state index in [0.29, 0.717) is 30.8 Å². The van der Waals surface area contributed by atoms with Crippen LogP contribution in [0.1, 0.15) is 37.0 Å². The molecule has 0 heterocycles. The number of nitrogens with zero attached hydrogens (tertiary/aromatic N) is 1. The van der Waals surface area contributed by atoms with Crippen LogP contribution in [0.25, 0.3) is 0 Å². The Morgan fingerprint density at radius 1 is 1.10 bits per heavy atom. The highest BCUT2D eigenvalue weighted by atomic mass is 32.2. The Morgan fingerprint density at radius 3 is 2.41 bits per heavy atom. The average molecular weight is 417 g/mol. The van der Waals surface area contributed by atoms with Crippen LogP contribution in [0.3, 0.4) is 0 Å². The maximum Gasteiger partial charge on any atom is 0.242 e. The van der Waals surface area contributed by atoms with Crippen LogP contribution in [0.2, 0.25) is 0 Å². The van der Waals surface area contributed by atoms with Gasteiger partial charge in [0.05, 0.1) is 5.75 Å². The molecule has 1 unspecified atom stereocenters. The highest BCUT2D eigenvalue weighted by Gasteiger charge is 2.28. The van der Waals surface area contributed by atoms with Crippen molar-refractivity contribution in [2.75, 3.05) is 12.3 Å². The molecule has 0 bridgehead atoms. The van der Waals surface area contributed by atoms with E-state index in [4.69, 9.17) is 0 Å². The van der Waals surface area contributed by atoms with Crippen LogP contribution in [-0.2, 0) is 21.9 Å². The van der Waals surface area contributed by atoms with Gasteiger partial charge in [-0.3, -0.25) is 9.59 Å². The summed E-state index contributed by atoms with van der Waals surface area (Å²) in [5, 5.41) is 2.83. The molecular formula is C23H29FN2O2S. The molecule has 2 aromatic carbocycles. The van der Waals surface area contributed by atoms with Crippen molar-refractivity contribution in [3.8, 4) is 0 Å². The summed E-state index contributed by atoms with van der Waals surface area (Å²) in [4.78, 5) is 27.2. The van der Waals surface area contributed by atoms with E-state index in [1.165, 1.54) is 17.8 Å². The first-order valence-corrected chi connectivity index (χ1v) is 11.1. The van der Waals surface area contributed by atoms with Gasteiger partial charge in [0, 0.05) is 18.8 Å². The smallest absolute Gasteiger partial charge is 0.242 e. The van der Waals surface area contributed by atoms with Crippen LogP contribution in [0, 0.1) is 12.7 Å². The molecule has 6 heteroatoms. The molecule has 0 aliphatic rings. The Labute approximate surface area is 176 Å². The number of rotatable bonds is 10. The van der Waals surface area contributed by atoms with E-state index in [2.05, 4.69) is 5.32 Å². The van der Waals surface area contributed by atoms with Crippen LogP contribution in [0.5, 0.6) is 0 Å². The molecule has 1 N–H and O–H groups in total. The van der Waals surface area contributed by atoms with Crippen LogP contribution in [0.15, 0.2) is 48.5 Å². The van der Waals surface area contributed by atoms with E-state index < -0.39 is 6.04 Å². The summed E-state index contributed by atoms with van der Waals surface area (Å²) in [5.74, 6) is 0.0717. The zero-order valence-electron chi connectivity index (χ0n) is 17.3. The van der Waals surface area contributed by atoms with Crippen LogP contribution < -0.4 is 5.32 Å². The largest absolute Gasteiger partial charge is 0.355 e. The molecular weight excluding hydrogens is 387 g/mol. The van der Waals surface area contributed by atoms with Gasteiger partial charge in [0.25, 0.3) is 0 Å². The molecule has 29 heavy (non-hydrogen) atoms. The van der Waals surface area contributed by atoms with E-state index in [1.807, 2.05) is 45.0 Å². The van der Waals surface area contributed by atoms with Crippen molar-refractivity contribution in [1.82, 2.24) is 10.2 Å². The molecule has 4 nitrogen and oxygen atoms in total. The van der Waals surface area contributed by atoms with Crippen molar-refractivity contribution in [1.29, 1.82) is 0 Å². The minimum absolute atomic E-state index is 0.120. The van der Waals surface area contributed by atoms with E-state index in [-0.39, 0.29) is 23.4 Å².